The molecule has 0 spiro atoms. The van der Waals surface area contributed by atoms with Crippen LogP contribution in [0, 0.1) is 5.92 Å². The number of hydrogen-bond donors (Lipinski definition) is 0. The average molecular weight is 325 g/mol. The molecule has 0 aliphatic carbocycles. The van der Waals surface area contributed by atoms with E-state index in [4.69, 9.17) is 21.1 Å². The highest BCUT2D eigenvalue weighted by Crippen LogP contribution is 2.18. The molecule has 0 aliphatic rings. The van der Waals surface area contributed by atoms with Crippen LogP contribution in [0.2, 0.25) is 5.02 Å². The lowest BCUT2D eigenvalue weighted by Gasteiger charge is -2.06. The molecule has 8 heteroatoms. The zero-order valence-corrected chi connectivity index (χ0v) is 13.4. The number of rotatable bonds is 6. The maximum Gasteiger partial charge on any atom is 0.344 e. The molecule has 0 aromatic carbocycles. The van der Waals surface area contributed by atoms with E-state index in [-0.39, 0.29) is 18.5 Å². The molecule has 0 unspecified atom stereocenters. The molecule has 7 nitrogen and oxygen atoms in total. The van der Waals surface area contributed by atoms with E-state index < -0.39 is 5.97 Å². The van der Waals surface area contributed by atoms with Crippen LogP contribution in [-0.4, -0.2) is 38.9 Å². The number of carbonyl (C=O) groups excluding carboxylic acids is 1. The van der Waals surface area contributed by atoms with Gasteiger partial charge >= 0.3 is 12.0 Å². The van der Waals surface area contributed by atoms with Crippen LogP contribution >= 0.6 is 11.6 Å². The van der Waals surface area contributed by atoms with Crippen LogP contribution in [0.1, 0.15) is 13.8 Å². The number of aryl methyl sites for hydroxylation is 1. The number of nitrogens with zero attached hydrogens (tertiary/aromatic N) is 4. The van der Waals surface area contributed by atoms with E-state index >= 15 is 0 Å². The SMILES string of the molecule is CC(C)COC(=O)COc1nc(-c2ccc(Cl)cn2)n(C)n1. The number of hydrogen-bond acceptors (Lipinski definition) is 6. The second-order valence-corrected chi connectivity index (χ2v) is 5.51. The summed E-state index contributed by atoms with van der Waals surface area (Å²) in [5.74, 6) is 0.342. The Labute approximate surface area is 133 Å². The second kappa shape index (κ2) is 7.22. The highest BCUT2D eigenvalue weighted by molar-refractivity contribution is 6.30. The summed E-state index contributed by atoms with van der Waals surface area (Å²) in [6, 6.07) is 3.53. The maximum atomic E-state index is 11.5. The molecule has 0 fully saturated rings. The van der Waals surface area contributed by atoms with Crippen molar-refractivity contribution in [2.75, 3.05) is 13.2 Å². The Morgan fingerprint density at radius 1 is 1.41 bits per heavy atom. The van der Waals surface area contributed by atoms with Crippen molar-refractivity contribution in [3.63, 3.8) is 0 Å². The maximum absolute atomic E-state index is 11.5. The largest absolute Gasteiger partial charge is 0.463 e. The molecule has 2 aromatic rings. The van der Waals surface area contributed by atoms with Gasteiger partial charge in [-0.25, -0.2) is 9.48 Å². The summed E-state index contributed by atoms with van der Waals surface area (Å²) in [5.41, 5.74) is 0.608. The summed E-state index contributed by atoms with van der Waals surface area (Å²) < 4.78 is 11.8. The van der Waals surface area contributed by atoms with Crippen molar-refractivity contribution in [3.05, 3.63) is 23.4 Å². The Balaban J connectivity index is 1.98. The highest BCUT2D eigenvalue weighted by Gasteiger charge is 2.13. The third kappa shape index (κ3) is 4.42. The van der Waals surface area contributed by atoms with E-state index in [2.05, 4.69) is 15.1 Å². The minimum Gasteiger partial charge on any atom is -0.463 e. The second-order valence-electron chi connectivity index (χ2n) is 5.07. The van der Waals surface area contributed by atoms with E-state index in [1.807, 2.05) is 13.8 Å². The normalized spacial score (nSPS) is 10.8. The smallest absolute Gasteiger partial charge is 0.344 e. The average Bonchev–Trinajstić information content (AvgIpc) is 2.85. The molecule has 0 amide bonds. The molecule has 0 aliphatic heterocycles. The summed E-state index contributed by atoms with van der Waals surface area (Å²) in [7, 11) is 1.71. The first-order valence-electron chi connectivity index (χ1n) is 6.77. The number of carbonyl (C=O) groups is 1. The molecule has 118 valence electrons. The van der Waals surface area contributed by atoms with E-state index in [0.717, 1.165) is 0 Å². The zero-order valence-electron chi connectivity index (χ0n) is 12.6. The first-order valence-corrected chi connectivity index (χ1v) is 7.15. The third-order valence-corrected chi connectivity index (χ3v) is 2.82. The van der Waals surface area contributed by atoms with Gasteiger partial charge in [0.25, 0.3) is 0 Å². The molecular formula is C14H17ClN4O3. The third-order valence-electron chi connectivity index (χ3n) is 2.60. The Bertz CT molecular complexity index is 640. The molecule has 0 radical (unpaired) electrons. The van der Waals surface area contributed by atoms with Crippen molar-refractivity contribution in [2.24, 2.45) is 13.0 Å². The monoisotopic (exact) mass is 324 g/mol. The van der Waals surface area contributed by atoms with Crippen molar-refractivity contribution in [1.82, 2.24) is 19.7 Å². The summed E-state index contributed by atoms with van der Waals surface area (Å²) in [5, 5.41) is 4.62. The summed E-state index contributed by atoms with van der Waals surface area (Å²) in [6.45, 7) is 4.04. The van der Waals surface area contributed by atoms with E-state index in [9.17, 15) is 4.79 Å². The topological polar surface area (TPSA) is 79.1 Å². The van der Waals surface area contributed by atoms with Crippen LogP contribution < -0.4 is 4.74 Å². The molecular weight excluding hydrogens is 308 g/mol. The fraction of sp³-hybridized carbons (Fsp3) is 0.429. The predicted octanol–water partition coefficient (Wildman–Crippen LogP) is 2.11. The molecule has 0 bridgehead atoms. The lowest BCUT2D eigenvalue weighted by molar-refractivity contribution is -0.147. The van der Waals surface area contributed by atoms with Gasteiger partial charge < -0.3 is 9.47 Å². The van der Waals surface area contributed by atoms with Gasteiger partial charge in [0.15, 0.2) is 12.4 Å². The number of aromatic nitrogens is 4. The molecule has 0 atom stereocenters. The van der Waals surface area contributed by atoms with Crippen LogP contribution in [0.4, 0.5) is 0 Å². The van der Waals surface area contributed by atoms with Crippen LogP contribution in [-0.2, 0) is 16.6 Å². The lowest BCUT2D eigenvalue weighted by atomic mass is 10.2. The Hall–Kier alpha value is -2.15. The molecule has 2 heterocycles. The van der Waals surface area contributed by atoms with Gasteiger partial charge in [-0.3, -0.25) is 4.98 Å². The van der Waals surface area contributed by atoms with Crippen LogP contribution in [0.5, 0.6) is 6.01 Å². The molecule has 2 rings (SSSR count). The Morgan fingerprint density at radius 3 is 2.82 bits per heavy atom. The van der Waals surface area contributed by atoms with E-state index in [1.54, 1.807) is 19.2 Å². The van der Waals surface area contributed by atoms with Gasteiger partial charge in [-0.15, -0.1) is 5.10 Å². The van der Waals surface area contributed by atoms with Crippen molar-refractivity contribution in [2.45, 2.75) is 13.8 Å². The highest BCUT2D eigenvalue weighted by atomic mass is 35.5. The van der Waals surface area contributed by atoms with Gasteiger partial charge in [0.2, 0.25) is 0 Å². The quantitative estimate of drug-likeness (QED) is 0.757. The predicted molar refractivity (Wildman–Crippen MR) is 80.5 cm³/mol. The van der Waals surface area contributed by atoms with Gasteiger partial charge in [-0.05, 0) is 18.1 Å². The van der Waals surface area contributed by atoms with Gasteiger partial charge in [0.05, 0.1) is 11.6 Å². The Kier molecular flexibility index (Phi) is 5.32. The molecule has 2 aromatic heterocycles. The minimum atomic E-state index is -0.452. The number of halogens is 1. The van der Waals surface area contributed by atoms with Crippen molar-refractivity contribution >= 4 is 17.6 Å². The number of esters is 1. The van der Waals surface area contributed by atoms with Crippen molar-refractivity contribution in [3.8, 4) is 17.5 Å². The lowest BCUT2D eigenvalue weighted by Crippen LogP contribution is -2.17. The summed E-state index contributed by atoms with van der Waals surface area (Å²) in [4.78, 5) is 19.8. The van der Waals surface area contributed by atoms with Gasteiger partial charge in [-0.1, -0.05) is 25.4 Å². The molecule has 22 heavy (non-hydrogen) atoms. The fourth-order valence-corrected chi connectivity index (χ4v) is 1.69. The van der Waals surface area contributed by atoms with Crippen molar-refractivity contribution < 1.29 is 14.3 Å². The first-order chi connectivity index (χ1) is 10.5. The van der Waals surface area contributed by atoms with E-state index in [1.165, 1.54) is 10.9 Å². The fourth-order valence-electron chi connectivity index (χ4n) is 1.58. The van der Waals surface area contributed by atoms with Crippen LogP contribution in [0.15, 0.2) is 18.3 Å². The van der Waals surface area contributed by atoms with Gasteiger partial charge in [0.1, 0.15) is 5.69 Å². The Morgan fingerprint density at radius 2 is 2.18 bits per heavy atom. The number of ether oxygens (including phenoxy) is 2. The molecule has 0 saturated heterocycles. The van der Waals surface area contributed by atoms with E-state index in [0.29, 0.717) is 23.1 Å². The zero-order chi connectivity index (χ0) is 16.1. The summed E-state index contributed by atoms with van der Waals surface area (Å²) in [6.07, 6.45) is 1.52. The standard InChI is InChI=1S/C14H17ClN4O3/c1-9(2)7-21-12(20)8-22-14-17-13(19(3)18-14)11-5-4-10(15)6-16-11/h4-6,9H,7-8H2,1-3H3. The first kappa shape index (κ1) is 16.2. The van der Waals surface area contributed by atoms with Gasteiger partial charge in [-0.2, -0.15) is 4.98 Å². The molecule has 0 N–H and O–H groups in total. The van der Waals surface area contributed by atoms with Gasteiger partial charge in [0, 0.05) is 13.2 Å². The van der Waals surface area contributed by atoms with Crippen molar-refractivity contribution in [1.29, 1.82) is 0 Å². The minimum absolute atomic E-state index is 0.0933. The summed E-state index contributed by atoms with van der Waals surface area (Å²) >= 11 is 5.80. The van der Waals surface area contributed by atoms with Crippen LogP contribution in [0.3, 0.4) is 0 Å². The molecule has 0 saturated carbocycles. The van der Waals surface area contributed by atoms with Crippen LogP contribution in [0.25, 0.3) is 11.5 Å². The number of pyridine rings is 1.